The summed E-state index contributed by atoms with van der Waals surface area (Å²) in [5.74, 6) is -8.17. The van der Waals surface area contributed by atoms with Crippen molar-refractivity contribution in [3.05, 3.63) is 76.6 Å². The predicted molar refractivity (Wildman–Crippen MR) is 93.0 cm³/mol. The van der Waals surface area contributed by atoms with E-state index in [1.54, 1.807) is 6.07 Å². The van der Waals surface area contributed by atoms with Crippen LogP contribution in [0.4, 0.5) is 23.2 Å². The van der Waals surface area contributed by atoms with Crippen molar-refractivity contribution in [3.8, 4) is 5.75 Å². The number of carbonyl (C=O) groups is 1. The number of nitrogens with one attached hydrogen (secondary N) is 1. The van der Waals surface area contributed by atoms with Gasteiger partial charge in [0.25, 0.3) is 5.91 Å². The molecular weight excluding hydrogens is 378 g/mol. The summed E-state index contributed by atoms with van der Waals surface area (Å²) in [6, 6.07) is 6.95. The summed E-state index contributed by atoms with van der Waals surface area (Å²) in [6.07, 6.45) is 1.32. The van der Waals surface area contributed by atoms with Gasteiger partial charge in [0, 0.05) is 18.0 Å². The van der Waals surface area contributed by atoms with Gasteiger partial charge in [0.15, 0.2) is 29.8 Å². The van der Waals surface area contributed by atoms with Crippen LogP contribution in [0.5, 0.6) is 5.75 Å². The highest BCUT2D eigenvalue weighted by Gasteiger charge is 2.21. The normalized spacial score (nSPS) is 10.8. The molecule has 0 bridgehead atoms. The van der Waals surface area contributed by atoms with E-state index in [1.807, 2.05) is 26.0 Å². The molecular formula is C19H15F4N3O2. The standard InChI is InChI=1S/C19H15F4N3O2/c1-10-3-4-14(11(2)7-10)24-19(27)15-5-6-26(25-15)9-28-18-16(22)12(20)8-13(21)17(18)23/h3-8H,9H2,1-2H3,(H,24,27). The number of rotatable bonds is 5. The number of carbonyl (C=O) groups excluding carboxylic acids is 1. The monoisotopic (exact) mass is 393 g/mol. The number of aromatic nitrogens is 2. The van der Waals surface area contributed by atoms with Gasteiger partial charge in [-0.2, -0.15) is 13.9 Å². The molecule has 0 saturated heterocycles. The van der Waals surface area contributed by atoms with E-state index in [9.17, 15) is 22.4 Å². The van der Waals surface area contributed by atoms with Crippen LogP contribution in [0.3, 0.4) is 0 Å². The topological polar surface area (TPSA) is 56.2 Å². The molecule has 0 aliphatic carbocycles. The molecule has 28 heavy (non-hydrogen) atoms. The first kappa shape index (κ1) is 19.4. The summed E-state index contributed by atoms with van der Waals surface area (Å²) in [5.41, 5.74) is 2.55. The van der Waals surface area contributed by atoms with Gasteiger partial charge in [-0.05, 0) is 31.5 Å². The maximum atomic E-state index is 13.6. The molecule has 0 fully saturated rings. The van der Waals surface area contributed by atoms with Gasteiger partial charge in [0.1, 0.15) is 0 Å². The van der Waals surface area contributed by atoms with E-state index in [1.165, 1.54) is 12.3 Å². The molecule has 2 aromatic carbocycles. The lowest BCUT2D eigenvalue weighted by molar-refractivity contribution is 0.102. The molecule has 3 aromatic rings. The van der Waals surface area contributed by atoms with Crippen LogP contribution in [0.15, 0.2) is 36.5 Å². The van der Waals surface area contributed by atoms with Gasteiger partial charge >= 0.3 is 0 Å². The third kappa shape index (κ3) is 3.98. The number of anilines is 1. The fraction of sp³-hybridized carbons (Fsp3) is 0.158. The number of benzene rings is 2. The van der Waals surface area contributed by atoms with Crippen LogP contribution >= 0.6 is 0 Å². The van der Waals surface area contributed by atoms with Gasteiger partial charge in [0.2, 0.25) is 11.6 Å². The van der Waals surface area contributed by atoms with Crippen molar-refractivity contribution < 1.29 is 27.1 Å². The van der Waals surface area contributed by atoms with Crippen LogP contribution in [-0.2, 0) is 6.73 Å². The van der Waals surface area contributed by atoms with E-state index in [0.29, 0.717) is 5.69 Å². The first-order chi connectivity index (χ1) is 13.3. The molecule has 1 N–H and O–H groups in total. The maximum Gasteiger partial charge on any atom is 0.276 e. The van der Waals surface area contributed by atoms with E-state index in [0.717, 1.165) is 15.8 Å². The Bertz CT molecular complexity index is 1020. The number of halogens is 4. The number of ether oxygens (including phenoxy) is 1. The van der Waals surface area contributed by atoms with Crippen molar-refractivity contribution in [2.75, 3.05) is 5.32 Å². The Balaban J connectivity index is 1.70. The van der Waals surface area contributed by atoms with Crippen LogP contribution in [0, 0.1) is 37.1 Å². The van der Waals surface area contributed by atoms with Crippen LogP contribution in [-0.4, -0.2) is 15.7 Å². The minimum absolute atomic E-state index is 0.0231. The quantitative estimate of drug-likeness (QED) is 0.518. The SMILES string of the molecule is Cc1ccc(NC(=O)c2ccn(COc3c(F)c(F)cc(F)c3F)n2)c(C)c1. The second-order valence-corrected chi connectivity index (χ2v) is 6.08. The van der Waals surface area contributed by atoms with Crippen molar-refractivity contribution in [3.63, 3.8) is 0 Å². The number of hydrogen-bond donors (Lipinski definition) is 1. The molecule has 0 radical (unpaired) electrons. The summed E-state index contributed by atoms with van der Waals surface area (Å²) in [4.78, 5) is 12.3. The molecule has 0 unspecified atom stereocenters. The van der Waals surface area contributed by atoms with Crippen LogP contribution in [0.1, 0.15) is 21.6 Å². The average Bonchev–Trinajstić information content (AvgIpc) is 3.11. The highest BCUT2D eigenvalue weighted by atomic mass is 19.2. The third-order valence-corrected chi connectivity index (χ3v) is 3.92. The van der Waals surface area contributed by atoms with Gasteiger partial charge in [0.05, 0.1) is 0 Å². The highest BCUT2D eigenvalue weighted by molar-refractivity contribution is 6.03. The summed E-state index contributed by atoms with van der Waals surface area (Å²) >= 11 is 0. The average molecular weight is 393 g/mol. The molecule has 0 aliphatic heterocycles. The smallest absolute Gasteiger partial charge is 0.276 e. The van der Waals surface area contributed by atoms with E-state index in [-0.39, 0.29) is 11.8 Å². The van der Waals surface area contributed by atoms with Gasteiger partial charge in [-0.1, -0.05) is 17.7 Å². The summed E-state index contributed by atoms with van der Waals surface area (Å²) < 4.78 is 59.4. The third-order valence-electron chi connectivity index (χ3n) is 3.92. The van der Waals surface area contributed by atoms with Crippen molar-refractivity contribution in [1.29, 1.82) is 0 Å². The first-order valence-corrected chi connectivity index (χ1v) is 8.14. The Kier molecular flexibility index (Phi) is 5.34. The summed E-state index contributed by atoms with van der Waals surface area (Å²) in [6.45, 7) is 3.21. The lowest BCUT2D eigenvalue weighted by atomic mass is 10.1. The lowest BCUT2D eigenvalue weighted by Gasteiger charge is -2.09. The second-order valence-electron chi connectivity index (χ2n) is 6.08. The molecule has 3 rings (SSSR count). The summed E-state index contributed by atoms with van der Waals surface area (Å²) in [7, 11) is 0. The maximum absolute atomic E-state index is 13.6. The van der Waals surface area contributed by atoms with Crippen molar-refractivity contribution in [1.82, 2.24) is 9.78 Å². The molecule has 1 aromatic heterocycles. The van der Waals surface area contributed by atoms with Crippen molar-refractivity contribution >= 4 is 11.6 Å². The molecule has 146 valence electrons. The molecule has 0 aliphatic rings. The molecule has 9 heteroatoms. The van der Waals surface area contributed by atoms with Crippen molar-refractivity contribution in [2.45, 2.75) is 20.6 Å². The zero-order chi connectivity index (χ0) is 20.4. The number of aryl methyl sites for hydroxylation is 2. The Hall–Kier alpha value is -3.36. The van der Waals surface area contributed by atoms with Gasteiger partial charge in [-0.25, -0.2) is 13.5 Å². The Morgan fingerprint density at radius 1 is 1.07 bits per heavy atom. The second kappa shape index (κ2) is 7.71. The van der Waals surface area contributed by atoms with Crippen LogP contribution < -0.4 is 10.1 Å². The fourth-order valence-corrected chi connectivity index (χ4v) is 2.50. The zero-order valence-corrected chi connectivity index (χ0v) is 14.9. The van der Waals surface area contributed by atoms with E-state index >= 15 is 0 Å². The minimum Gasteiger partial charge on any atom is -0.465 e. The fourth-order valence-electron chi connectivity index (χ4n) is 2.50. The lowest BCUT2D eigenvalue weighted by Crippen LogP contribution is -2.15. The number of hydrogen-bond acceptors (Lipinski definition) is 3. The van der Waals surface area contributed by atoms with Gasteiger partial charge in [-0.15, -0.1) is 0 Å². The summed E-state index contributed by atoms with van der Waals surface area (Å²) in [5, 5.41) is 6.62. The number of nitrogens with zero attached hydrogens (tertiary/aromatic N) is 2. The Morgan fingerprint density at radius 2 is 1.75 bits per heavy atom. The van der Waals surface area contributed by atoms with Gasteiger partial charge < -0.3 is 10.1 Å². The van der Waals surface area contributed by atoms with Crippen molar-refractivity contribution in [2.24, 2.45) is 0 Å². The predicted octanol–water partition coefficient (Wildman–Crippen LogP) is 4.35. The van der Waals surface area contributed by atoms with E-state index in [4.69, 9.17) is 4.74 Å². The molecule has 0 saturated carbocycles. The Labute approximate surface area is 157 Å². The molecule has 1 amide bonds. The molecule has 5 nitrogen and oxygen atoms in total. The number of amides is 1. The minimum atomic E-state index is -1.65. The first-order valence-electron chi connectivity index (χ1n) is 8.14. The molecule has 0 atom stereocenters. The molecule has 1 heterocycles. The van der Waals surface area contributed by atoms with E-state index < -0.39 is 41.7 Å². The van der Waals surface area contributed by atoms with Gasteiger partial charge in [-0.3, -0.25) is 4.79 Å². The van der Waals surface area contributed by atoms with E-state index in [2.05, 4.69) is 10.4 Å². The zero-order valence-electron chi connectivity index (χ0n) is 14.9. The largest absolute Gasteiger partial charge is 0.465 e. The Morgan fingerprint density at radius 3 is 2.39 bits per heavy atom. The molecule has 0 spiro atoms. The highest BCUT2D eigenvalue weighted by Crippen LogP contribution is 2.26. The van der Waals surface area contributed by atoms with Crippen LogP contribution in [0.25, 0.3) is 0 Å². The van der Waals surface area contributed by atoms with Crippen LogP contribution in [0.2, 0.25) is 0 Å².